The van der Waals surface area contributed by atoms with Crippen molar-refractivity contribution in [3.8, 4) is 0 Å². The van der Waals surface area contributed by atoms with E-state index in [0.717, 1.165) is 39.1 Å². The molecule has 4 nitrogen and oxygen atoms in total. The average molecular weight is 415 g/mol. The highest BCUT2D eigenvalue weighted by molar-refractivity contribution is 5.06. The lowest BCUT2D eigenvalue weighted by molar-refractivity contribution is -0.245. The van der Waals surface area contributed by atoms with Crippen LogP contribution in [0.15, 0.2) is 0 Å². The smallest absolute Gasteiger partial charge is 0.104 e. The van der Waals surface area contributed by atoms with E-state index in [1.807, 2.05) is 7.11 Å². The Morgan fingerprint density at radius 3 is 2.00 bits per heavy atom. The molecule has 0 N–H and O–H groups in total. The molecule has 0 amide bonds. The van der Waals surface area contributed by atoms with E-state index in [1.54, 1.807) is 0 Å². The van der Waals surface area contributed by atoms with Gasteiger partial charge in [0.2, 0.25) is 0 Å². The third kappa shape index (κ3) is 7.79. The first-order valence-corrected chi connectivity index (χ1v) is 12.3. The van der Waals surface area contributed by atoms with Crippen LogP contribution in [0.2, 0.25) is 0 Å². The summed E-state index contributed by atoms with van der Waals surface area (Å²) in [4.78, 5) is 0. The second-order valence-corrected chi connectivity index (χ2v) is 9.39. The van der Waals surface area contributed by atoms with E-state index in [1.165, 1.54) is 38.5 Å². The fourth-order valence-corrected chi connectivity index (χ4v) is 5.33. The SMILES string of the molecule is CCCCCCCCC(CCCOCC1CO1)(OC)C(OCC)(C(C)C)C(C)C. The third-order valence-corrected chi connectivity index (χ3v) is 6.71. The largest absolute Gasteiger partial charge is 0.379 e. The summed E-state index contributed by atoms with van der Waals surface area (Å²) < 4.78 is 24.2. The number of epoxide rings is 1. The van der Waals surface area contributed by atoms with E-state index in [9.17, 15) is 0 Å². The predicted octanol–water partition coefficient (Wildman–Crippen LogP) is 6.41. The van der Waals surface area contributed by atoms with Crippen molar-refractivity contribution in [3.05, 3.63) is 0 Å². The van der Waals surface area contributed by atoms with Gasteiger partial charge >= 0.3 is 0 Å². The Morgan fingerprint density at radius 2 is 1.48 bits per heavy atom. The van der Waals surface area contributed by atoms with Gasteiger partial charge in [-0.3, -0.25) is 0 Å². The molecule has 29 heavy (non-hydrogen) atoms. The second kappa shape index (κ2) is 14.0. The molecule has 0 aliphatic carbocycles. The van der Waals surface area contributed by atoms with Crippen molar-refractivity contribution in [1.82, 2.24) is 0 Å². The molecule has 2 atom stereocenters. The van der Waals surface area contributed by atoms with Gasteiger partial charge in [-0.2, -0.15) is 0 Å². The van der Waals surface area contributed by atoms with E-state index in [4.69, 9.17) is 18.9 Å². The number of rotatable bonds is 19. The van der Waals surface area contributed by atoms with E-state index < -0.39 is 0 Å². The van der Waals surface area contributed by atoms with E-state index in [-0.39, 0.29) is 11.2 Å². The molecule has 1 rings (SSSR count). The maximum atomic E-state index is 6.62. The number of hydrogen-bond donors (Lipinski definition) is 0. The highest BCUT2D eigenvalue weighted by atomic mass is 16.6. The monoisotopic (exact) mass is 414 g/mol. The average Bonchev–Trinajstić information content (AvgIpc) is 3.51. The van der Waals surface area contributed by atoms with E-state index >= 15 is 0 Å². The molecule has 0 spiro atoms. The summed E-state index contributed by atoms with van der Waals surface area (Å²) in [7, 11) is 1.90. The van der Waals surface area contributed by atoms with Gasteiger partial charge in [0.25, 0.3) is 0 Å². The van der Waals surface area contributed by atoms with Crippen LogP contribution in [0.4, 0.5) is 0 Å². The van der Waals surface area contributed by atoms with Crippen LogP contribution in [-0.2, 0) is 18.9 Å². The summed E-state index contributed by atoms with van der Waals surface area (Å²) in [6.07, 6.45) is 11.1. The van der Waals surface area contributed by atoms with Crippen molar-refractivity contribution in [3.63, 3.8) is 0 Å². The molecule has 1 fully saturated rings. The summed E-state index contributed by atoms with van der Waals surface area (Å²) >= 11 is 0. The Balaban J connectivity index is 2.87. The van der Waals surface area contributed by atoms with Crippen LogP contribution in [0, 0.1) is 11.8 Å². The quantitative estimate of drug-likeness (QED) is 0.181. The normalized spacial score (nSPS) is 19.1. The van der Waals surface area contributed by atoms with Gasteiger partial charge in [-0.15, -0.1) is 0 Å². The number of unbranched alkanes of at least 4 members (excludes halogenated alkanes) is 5. The molecule has 0 saturated carbocycles. The van der Waals surface area contributed by atoms with Gasteiger partial charge in [0, 0.05) is 20.3 Å². The van der Waals surface area contributed by atoms with Crippen molar-refractivity contribution in [2.45, 2.75) is 117 Å². The molecule has 4 heteroatoms. The molecule has 0 bridgehead atoms. The summed E-state index contributed by atoms with van der Waals surface area (Å²) in [5.41, 5.74) is -0.574. The number of ether oxygens (including phenoxy) is 4. The third-order valence-electron chi connectivity index (χ3n) is 6.71. The lowest BCUT2D eigenvalue weighted by atomic mass is 9.64. The molecular weight excluding hydrogens is 364 g/mol. The van der Waals surface area contributed by atoms with Gasteiger partial charge in [-0.05, 0) is 38.0 Å². The van der Waals surface area contributed by atoms with Gasteiger partial charge in [-0.25, -0.2) is 0 Å². The molecule has 2 unspecified atom stereocenters. The van der Waals surface area contributed by atoms with Crippen molar-refractivity contribution in [2.75, 3.05) is 33.5 Å². The summed E-state index contributed by atoms with van der Waals surface area (Å²) in [6, 6.07) is 0. The van der Waals surface area contributed by atoms with Crippen LogP contribution >= 0.6 is 0 Å². The van der Waals surface area contributed by atoms with Gasteiger partial charge < -0.3 is 18.9 Å². The molecule has 1 heterocycles. The minimum Gasteiger partial charge on any atom is -0.379 e. The van der Waals surface area contributed by atoms with Crippen LogP contribution in [0.25, 0.3) is 0 Å². The minimum absolute atomic E-state index is 0.282. The minimum atomic E-state index is -0.292. The summed E-state index contributed by atoms with van der Waals surface area (Å²) in [5.74, 6) is 0.756. The Morgan fingerprint density at radius 1 is 0.897 bits per heavy atom. The van der Waals surface area contributed by atoms with Gasteiger partial charge in [0.05, 0.1) is 18.8 Å². The molecule has 0 aromatic heterocycles. The predicted molar refractivity (Wildman–Crippen MR) is 122 cm³/mol. The second-order valence-electron chi connectivity index (χ2n) is 9.39. The van der Waals surface area contributed by atoms with Crippen molar-refractivity contribution < 1.29 is 18.9 Å². The van der Waals surface area contributed by atoms with Crippen LogP contribution in [-0.4, -0.2) is 50.8 Å². The van der Waals surface area contributed by atoms with Crippen molar-refractivity contribution in [2.24, 2.45) is 11.8 Å². The van der Waals surface area contributed by atoms with Crippen LogP contribution in [0.3, 0.4) is 0 Å². The molecule has 0 aromatic carbocycles. The molecule has 0 radical (unpaired) electrons. The first-order chi connectivity index (χ1) is 13.9. The van der Waals surface area contributed by atoms with Crippen LogP contribution < -0.4 is 0 Å². The maximum Gasteiger partial charge on any atom is 0.104 e. The first kappa shape index (κ1) is 26.9. The van der Waals surface area contributed by atoms with Crippen molar-refractivity contribution in [1.29, 1.82) is 0 Å². The topological polar surface area (TPSA) is 40.2 Å². The zero-order valence-electron chi connectivity index (χ0n) is 20.6. The fraction of sp³-hybridized carbons (Fsp3) is 1.00. The Kier molecular flexibility index (Phi) is 13.0. The van der Waals surface area contributed by atoms with Gasteiger partial charge in [0.1, 0.15) is 11.7 Å². The van der Waals surface area contributed by atoms with Crippen molar-refractivity contribution >= 4 is 0 Å². The number of hydrogen-bond acceptors (Lipinski definition) is 4. The molecule has 1 saturated heterocycles. The highest BCUT2D eigenvalue weighted by Gasteiger charge is 2.55. The Hall–Kier alpha value is -0.160. The Labute approximate surface area is 181 Å². The molecular formula is C25H50O4. The first-order valence-electron chi connectivity index (χ1n) is 12.3. The lowest BCUT2D eigenvalue weighted by Gasteiger charge is -2.55. The van der Waals surface area contributed by atoms with Gasteiger partial charge in [-0.1, -0.05) is 73.1 Å². The molecule has 1 aliphatic rings. The standard InChI is InChI=1S/C25H50O4/c1-8-10-11-12-13-14-16-24(26-7,17-15-18-27-19-23-20-28-23)25(21(3)4,22(5)6)29-9-2/h21-23H,8-20H2,1-7H3. The van der Waals surface area contributed by atoms with E-state index in [2.05, 4.69) is 41.5 Å². The fourth-order valence-electron chi connectivity index (χ4n) is 5.33. The highest BCUT2D eigenvalue weighted by Crippen LogP contribution is 2.47. The zero-order valence-corrected chi connectivity index (χ0v) is 20.6. The summed E-state index contributed by atoms with van der Waals surface area (Å²) in [5, 5.41) is 0. The lowest BCUT2D eigenvalue weighted by Crippen LogP contribution is -2.63. The maximum absolute atomic E-state index is 6.62. The number of methoxy groups -OCH3 is 1. The van der Waals surface area contributed by atoms with Gasteiger partial charge in [0.15, 0.2) is 0 Å². The Bertz CT molecular complexity index is 398. The molecule has 174 valence electrons. The molecule has 1 aliphatic heterocycles. The molecule has 0 aromatic rings. The van der Waals surface area contributed by atoms with Crippen LogP contribution in [0.1, 0.15) is 99.3 Å². The van der Waals surface area contributed by atoms with Crippen LogP contribution in [0.5, 0.6) is 0 Å². The summed E-state index contributed by atoms with van der Waals surface area (Å²) in [6.45, 7) is 16.6. The van der Waals surface area contributed by atoms with E-state index in [0.29, 0.717) is 24.5 Å². The zero-order chi connectivity index (χ0) is 21.8.